The van der Waals surface area contributed by atoms with Gasteiger partial charge in [0.25, 0.3) is 0 Å². The summed E-state index contributed by atoms with van der Waals surface area (Å²) in [6, 6.07) is 160. The van der Waals surface area contributed by atoms with Crippen LogP contribution in [0.5, 0.6) is 0 Å². The van der Waals surface area contributed by atoms with Gasteiger partial charge in [0.05, 0.1) is 22.1 Å². The number of hydrogen-bond donors (Lipinski definition) is 0. The Labute approximate surface area is 692 Å². The molecule has 120 heavy (non-hydrogen) atoms. The maximum Gasteiger partial charge on any atom is 0.0547 e. The van der Waals surface area contributed by atoms with Crippen molar-refractivity contribution in [2.75, 3.05) is 0 Å². The van der Waals surface area contributed by atoms with E-state index < -0.39 is 0 Å². The molecule has 0 radical (unpaired) electrons. The second kappa shape index (κ2) is 25.9. The summed E-state index contributed by atoms with van der Waals surface area (Å²) in [7, 11) is 0. The SMILES string of the molecule is c1ccc(-c2cc(-c3cccc(-c4ccc(-c5ccc6c7c(c8ccccc8c6c5)-c5cccc6c(-c8cc(-c9ccc%10c%11ccccc%11n(-c%11ccccc%11)c%10c9)cc(-c9ccc%10c%11ccccc%11n(-c%11ccccc%11)c%10c9)c8)ccc-7c56)cc4)c3)cc3cc(-c4ccc5c6c(cc7ccccc7c46)-c4ccc6ccccc6c4-5)ccc23)cc1. The zero-order valence-corrected chi connectivity index (χ0v) is 65.3. The first-order valence-corrected chi connectivity index (χ1v) is 41.7. The molecule has 0 saturated heterocycles. The molecule has 2 aromatic heterocycles. The van der Waals surface area contributed by atoms with E-state index in [0.717, 1.165) is 33.6 Å². The van der Waals surface area contributed by atoms with E-state index in [1.54, 1.807) is 0 Å². The molecule has 0 unspecified atom stereocenters. The van der Waals surface area contributed by atoms with Crippen LogP contribution in [-0.2, 0) is 0 Å². The summed E-state index contributed by atoms with van der Waals surface area (Å²) in [5.74, 6) is 0. The number of nitrogens with zero attached hydrogens (tertiary/aromatic N) is 2. The van der Waals surface area contributed by atoms with Crippen molar-refractivity contribution in [3.63, 3.8) is 0 Å². The van der Waals surface area contributed by atoms with Gasteiger partial charge in [-0.25, -0.2) is 0 Å². The topological polar surface area (TPSA) is 9.86 Å². The smallest absolute Gasteiger partial charge is 0.0547 e. The number of hydrogen-bond acceptors (Lipinski definition) is 0. The maximum absolute atomic E-state index is 2.45. The van der Waals surface area contributed by atoms with E-state index >= 15 is 0 Å². The van der Waals surface area contributed by atoms with Gasteiger partial charge < -0.3 is 9.13 Å². The zero-order valence-electron chi connectivity index (χ0n) is 65.3. The Kier molecular flexibility index (Phi) is 14.3. The third-order valence-electron chi connectivity index (χ3n) is 26.5. The fourth-order valence-corrected chi connectivity index (χ4v) is 21.1. The van der Waals surface area contributed by atoms with Gasteiger partial charge in [-0.1, -0.05) is 322 Å². The Morgan fingerprint density at radius 3 is 1.23 bits per heavy atom. The van der Waals surface area contributed by atoms with Gasteiger partial charge in [0.15, 0.2) is 0 Å². The summed E-state index contributed by atoms with van der Waals surface area (Å²) < 4.78 is 4.86. The summed E-state index contributed by atoms with van der Waals surface area (Å²) in [6.07, 6.45) is 0. The molecular formula is C118H70N2. The minimum absolute atomic E-state index is 1.14. The molecule has 0 bridgehead atoms. The van der Waals surface area contributed by atoms with Crippen LogP contribution in [0, 0.1) is 0 Å². The van der Waals surface area contributed by atoms with E-state index in [0.29, 0.717) is 0 Å². The molecule has 2 heteroatoms. The highest BCUT2D eigenvalue weighted by molar-refractivity contribution is 6.33. The molecule has 2 nitrogen and oxygen atoms in total. The molecule has 2 heterocycles. The minimum atomic E-state index is 1.14. The minimum Gasteiger partial charge on any atom is -0.309 e. The second-order valence-corrected chi connectivity index (χ2v) is 32.8. The number of rotatable bonds is 10. The van der Waals surface area contributed by atoms with Crippen LogP contribution in [0.15, 0.2) is 425 Å². The van der Waals surface area contributed by atoms with E-state index in [1.807, 2.05) is 0 Å². The molecule has 0 aliphatic heterocycles. The summed E-state index contributed by atoms with van der Waals surface area (Å²) in [5, 5.41) is 22.7. The van der Waals surface area contributed by atoms with Crippen LogP contribution in [0.1, 0.15) is 0 Å². The van der Waals surface area contributed by atoms with Gasteiger partial charge in [0.1, 0.15) is 0 Å². The predicted molar refractivity (Wildman–Crippen MR) is 510 cm³/mol. The molecule has 552 valence electrons. The first kappa shape index (κ1) is 66.5. The number of fused-ring (bicyclic) bond motifs is 22. The Bertz CT molecular complexity index is 8380. The molecule has 0 spiro atoms. The summed E-state index contributed by atoms with van der Waals surface area (Å²) in [4.78, 5) is 0. The molecule has 0 N–H and O–H groups in total. The van der Waals surface area contributed by atoms with Gasteiger partial charge in [-0.05, 0) is 312 Å². The summed E-state index contributed by atoms with van der Waals surface area (Å²) >= 11 is 0. The van der Waals surface area contributed by atoms with Crippen molar-refractivity contribution >= 4 is 119 Å². The molecule has 0 atom stereocenters. The lowest BCUT2D eigenvalue weighted by atomic mass is 9.87. The molecule has 0 fully saturated rings. The van der Waals surface area contributed by atoms with Gasteiger partial charge in [0, 0.05) is 32.9 Å². The molecule has 2 aliphatic rings. The van der Waals surface area contributed by atoms with Crippen molar-refractivity contribution in [3.8, 4) is 145 Å². The highest BCUT2D eigenvalue weighted by Gasteiger charge is 2.31. The average molecular weight is 1520 g/mol. The monoisotopic (exact) mass is 1510 g/mol. The highest BCUT2D eigenvalue weighted by Crippen LogP contribution is 2.58. The van der Waals surface area contributed by atoms with Crippen molar-refractivity contribution < 1.29 is 0 Å². The summed E-state index contributed by atoms with van der Waals surface area (Å²) in [6.45, 7) is 0. The Balaban J connectivity index is 0.571. The molecule has 26 rings (SSSR count). The van der Waals surface area contributed by atoms with E-state index in [4.69, 9.17) is 0 Å². The van der Waals surface area contributed by atoms with Crippen molar-refractivity contribution in [1.29, 1.82) is 0 Å². The number of aromatic nitrogens is 2. The molecule has 24 aromatic rings. The molecule has 0 saturated carbocycles. The van der Waals surface area contributed by atoms with Crippen molar-refractivity contribution in [1.82, 2.24) is 9.13 Å². The predicted octanol–water partition coefficient (Wildman–Crippen LogP) is 32.6. The normalized spacial score (nSPS) is 12.2. The van der Waals surface area contributed by atoms with Crippen molar-refractivity contribution in [2.45, 2.75) is 0 Å². The standard InChI is InChI=1S/C118H70N2/c1-4-22-73(23-5-1)106-68-84(65-85-61-81(50-51-90(85)106)93-57-59-104-113-91-32-12-10-24-74(91)46-54-102(113)108-67-80-25-11-13-33-92(80)115(93)118(104)108)76-27-20-26-75(60-76)71-42-44-72(45-43-71)77-49-55-101-107(66-77)94-34-14-15-37-100(94)116-103-39-21-38-99-89(56-58-105(114(99)103)117(101)116)86-63-82(78-47-52-97-95-35-16-18-40-109(95)119(111(97)69-78)87-28-6-2-7-29-87)62-83(64-86)79-48-53-98-96-36-17-19-41-110(96)120(112(98)70-79)88-30-8-3-9-31-88/h1-70H. The first-order valence-electron chi connectivity index (χ1n) is 41.7. The lowest BCUT2D eigenvalue weighted by Crippen LogP contribution is -1.94. The third-order valence-corrected chi connectivity index (χ3v) is 26.5. The first-order chi connectivity index (χ1) is 59.5. The van der Waals surface area contributed by atoms with Gasteiger partial charge in [-0.15, -0.1) is 0 Å². The van der Waals surface area contributed by atoms with Crippen molar-refractivity contribution in [3.05, 3.63) is 425 Å². The zero-order chi connectivity index (χ0) is 78.4. The van der Waals surface area contributed by atoms with E-state index in [9.17, 15) is 0 Å². The lowest BCUT2D eigenvalue weighted by molar-refractivity contribution is 1.18. The van der Waals surface area contributed by atoms with Crippen LogP contribution < -0.4 is 0 Å². The Hall–Kier alpha value is -15.7. The van der Waals surface area contributed by atoms with Crippen molar-refractivity contribution in [2.24, 2.45) is 0 Å². The van der Waals surface area contributed by atoms with E-state index in [2.05, 4.69) is 434 Å². The molecular weight excluding hydrogens is 1450 g/mol. The van der Waals surface area contributed by atoms with Crippen LogP contribution in [-0.4, -0.2) is 9.13 Å². The Morgan fingerprint density at radius 1 is 0.125 bits per heavy atom. The van der Waals surface area contributed by atoms with Gasteiger partial charge in [-0.2, -0.15) is 0 Å². The van der Waals surface area contributed by atoms with Gasteiger partial charge in [-0.3, -0.25) is 0 Å². The van der Waals surface area contributed by atoms with Crippen LogP contribution in [0.3, 0.4) is 0 Å². The average Bonchev–Trinajstić information content (AvgIpc) is 1.53. The van der Waals surface area contributed by atoms with Gasteiger partial charge >= 0.3 is 0 Å². The highest BCUT2D eigenvalue weighted by atomic mass is 15.0. The Morgan fingerprint density at radius 2 is 0.550 bits per heavy atom. The van der Waals surface area contributed by atoms with E-state index in [1.165, 1.54) is 230 Å². The molecule has 0 amide bonds. The molecule has 22 aromatic carbocycles. The summed E-state index contributed by atoms with van der Waals surface area (Å²) in [5.41, 5.74) is 36.4. The van der Waals surface area contributed by atoms with Crippen LogP contribution in [0.4, 0.5) is 0 Å². The third kappa shape index (κ3) is 9.97. The lowest BCUT2D eigenvalue weighted by Gasteiger charge is -2.16. The molecule has 2 aliphatic carbocycles. The number of benzene rings is 22. The van der Waals surface area contributed by atoms with E-state index in [-0.39, 0.29) is 0 Å². The van der Waals surface area contributed by atoms with Gasteiger partial charge in [0.2, 0.25) is 0 Å². The van der Waals surface area contributed by atoms with Crippen LogP contribution >= 0.6 is 0 Å². The fraction of sp³-hybridized carbons (Fsp3) is 0. The van der Waals surface area contributed by atoms with Crippen LogP contribution in [0.2, 0.25) is 0 Å². The largest absolute Gasteiger partial charge is 0.309 e. The van der Waals surface area contributed by atoms with Crippen LogP contribution in [0.25, 0.3) is 264 Å². The second-order valence-electron chi connectivity index (χ2n) is 32.8. The maximum atomic E-state index is 2.45. The fourth-order valence-electron chi connectivity index (χ4n) is 21.1. The number of para-hydroxylation sites is 4. The quantitative estimate of drug-likeness (QED) is 0.121.